The van der Waals surface area contributed by atoms with Gasteiger partial charge in [-0.25, -0.2) is 4.79 Å². The Balaban J connectivity index is 0.00000132. The van der Waals surface area contributed by atoms with Crippen LogP contribution in [0.5, 0.6) is 17.2 Å². The zero-order chi connectivity index (χ0) is 23.0. The Morgan fingerprint density at radius 2 is 1.74 bits per heavy atom. The van der Waals surface area contributed by atoms with Crippen molar-refractivity contribution in [2.24, 2.45) is 0 Å². The van der Waals surface area contributed by atoms with Gasteiger partial charge >= 0.3 is 21.3 Å². The maximum atomic E-state index is 12.5. The van der Waals surface area contributed by atoms with Gasteiger partial charge in [-0.3, -0.25) is 0 Å². The van der Waals surface area contributed by atoms with Gasteiger partial charge in [0.05, 0.1) is 5.56 Å². The lowest BCUT2D eigenvalue weighted by molar-refractivity contribution is -0.0500. The van der Waals surface area contributed by atoms with Crippen LogP contribution < -0.4 is 17.6 Å². The van der Waals surface area contributed by atoms with E-state index in [2.05, 4.69) is 4.18 Å². The predicted octanol–water partition coefficient (Wildman–Crippen LogP) is 5.34. The number of hydrogen-bond donors (Lipinski definition) is 0. The molecule has 0 unspecified atom stereocenters. The molecule has 12 heteroatoms. The first-order chi connectivity index (χ1) is 14.6. The third kappa shape index (κ3) is 4.31. The minimum absolute atomic E-state index is 0.00811. The fraction of sp³-hybridized carbons (Fsp3) is 0.211. The summed E-state index contributed by atoms with van der Waals surface area (Å²) in [7, 11) is -5.83. The number of ether oxygens (including phenoxy) is 1. The van der Waals surface area contributed by atoms with Crippen LogP contribution in [0.3, 0.4) is 0 Å². The molecule has 0 saturated carbocycles. The van der Waals surface area contributed by atoms with Crippen LogP contribution in [-0.4, -0.2) is 13.9 Å². The van der Waals surface area contributed by atoms with Crippen molar-refractivity contribution in [3.05, 3.63) is 52.4 Å². The average Bonchev–Trinajstić information content (AvgIpc) is 2.73. The Bertz CT molecular complexity index is 1300. The summed E-state index contributed by atoms with van der Waals surface area (Å²) in [6.07, 6.45) is 0. The van der Waals surface area contributed by atoms with E-state index < -0.39 is 27.0 Å². The third-order valence-corrected chi connectivity index (χ3v) is 5.65. The molecular formula is C19H14F3IO7S. The van der Waals surface area contributed by atoms with Gasteiger partial charge in [-0.2, -0.15) is 21.6 Å². The molecule has 0 amide bonds. The second-order valence-corrected chi connectivity index (χ2v) is 7.89. The predicted molar refractivity (Wildman–Crippen MR) is 114 cm³/mol. The third-order valence-electron chi connectivity index (χ3n) is 4.16. The smallest absolute Gasteiger partial charge is 0.488 e. The first-order valence-electron chi connectivity index (χ1n) is 8.77. The number of benzene rings is 2. The fourth-order valence-corrected chi connectivity index (χ4v) is 3.65. The Labute approximate surface area is 188 Å². The maximum absolute atomic E-state index is 12.5. The van der Waals surface area contributed by atoms with E-state index in [1.165, 1.54) is 12.1 Å². The van der Waals surface area contributed by atoms with Crippen LogP contribution in [-0.2, 0) is 16.7 Å². The summed E-state index contributed by atoms with van der Waals surface area (Å²) in [6.45, 7) is 3.92. The van der Waals surface area contributed by atoms with Gasteiger partial charge in [0.25, 0.3) is 0 Å². The summed E-state index contributed by atoms with van der Waals surface area (Å²) >= 11 is 1.69. The van der Waals surface area contributed by atoms with Gasteiger partial charge in [0, 0.05) is 28.6 Å². The molecule has 166 valence electrons. The highest BCUT2D eigenvalue weighted by atomic mass is 127. The van der Waals surface area contributed by atoms with Crippen molar-refractivity contribution in [3.63, 3.8) is 0 Å². The van der Waals surface area contributed by atoms with Crippen molar-refractivity contribution in [2.45, 2.75) is 26.0 Å². The summed E-state index contributed by atoms with van der Waals surface area (Å²) in [5, 5.41) is 0.599. The molecule has 2 aromatic carbocycles. The Hall–Kier alpha value is -2.48. The molecule has 1 aliphatic heterocycles. The number of hydrogen-bond acceptors (Lipinski definition) is 7. The highest BCUT2D eigenvalue weighted by Gasteiger charge is 2.48. The normalized spacial score (nSPS) is 12.7. The Kier molecular flexibility index (Phi) is 6.41. The second-order valence-electron chi connectivity index (χ2n) is 5.91. The number of rotatable bonds is 3. The van der Waals surface area contributed by atoms with Gasteiger partial charge in [0.2, 0.25) is 0 Å². The standard InChI is InChI=1S/C17H8F3IO7S.C2H6/c18-17(19,20)29(23,24)28-9-2-4-11-13(6-9)25-7-12-10-3-1-8(27-21)5-14(10)26-16(22)15(11)12;1-2/h1-6H,7H2;1-2H3. The zero-order valence-electron chi connectivity index (χ0n) is 15.9. The Morgan fingerprint density at radius 1 is 1.06 bits per heavy atom. The van der Waals surface area contributed by atoms with E-state index in [9.17, 15) is 26.4 Å². The molecule has 0 N–H and O–H groups in total. The van der Waals surface area contributed by atoms with Gasteiger partial charge in [-0.05, 0) is 24.3 Å². The first-order valence-corrected chi connectivity index (χ1v) is 11.1. The number of halogens is 4. The van der Waals surface area contributed by atoms with Gasteiger partial charge in [-0.1, -0.05) is 13.8 Å². The van der Waals surface area contributed by atoms with Crippen LogP contribution in [0.15, 0.2) is 45.6 Å². The van der Waals surface area contributed by atoms with Crippen molar-refractivity contribution >= 4 is 44.1 Å². The molecule has 1 aliphatic rings. The lowest BCUT2D eigenvalue weighted by atomic mass is 9.96. The quantitative estimate of drug-likeness (QED) is 0.182. The minimum Gasteiger partial charge on any atom is -0.488 e. The molecule has 0 atom stereocenters. The molecule has 1 aromatic heterocycles. The summed E-state index contributed by atoms with van der Waals surface area (Å²) in [4.78, 5) is 12.5. The summed E-state index contributed by atoms with van der Waals surface area (Å²) in [6, 6.07) is 8.10. The summed E-state index contributed by atoms with van der Waals surface area (Å²) in [5.74, 6) is -0.129. The zero-order valence-corrected chi connectivity index (χ0v) is 18.9. The molecule has 0 saturated heterocycles. The van der Waals surface area contributed by atoms with Gasteiger partial charge in [-0.15, -0.1) is 0 Å². The van der Waals surface area contributed by atoms with Crippen molar-refractivity contribution in [1.29, 1.82) is 0 Å². The first kappa shape index (κ1) is 23.2. The van der Waals surface area contributed by atoms with Crippen LogP contribution >= 0.6 is 23.0 Å². The maximum Gasteiger partial charge on any atom is 0.534 e. The highest BCUT2D eigenvalue weighted by Crippen LogP contribution is 2.41. The van der Waals surface area contributed by atoms with Crippen molar-refractivity contribution in [2.75, 3.05) is 0 Å². The molecule has 3 aromatic rings. The minimum atomic E-state index is -5.83. The molecule has 7 nitrogen and oxygen atoms in total. The average molecular weight is 570 g/mol. The molecular weight excluding hydrogens is 556 g/mol. The molecule has 0 aliphatic carbocycles. The van der Waals surface area contributed by atoms with Crippen LogP contribution in [0.25, 0.3) is 22.1 Å². The van der Waals surface area contributed by atoms with Crippen LogP contribution in [0, 0.1) is 0 Å². The monoisotopic (exact) mass is 570 g/mol. The van der Waals surface area contributed by atoms with E-state index in [0.29, 0.717) is 16.7 Å². The molecule has 0 radical (unpaired) electrons. The van der Waals surface area contributed by atoms with Crippen LogP contribution in [0.1, 0.15) is 19.4 Å². The molecule has 0 spiro atoms. The largest absolute Gasteiger partial charge is 0.534 e. The van der Waals surface area contributed by atoms with Crippen molar-refractivity contribution in [1.82, 2.24) is 0 Å². The highest BCUT2D eigenvalue weighted by molar-refractivity contribution is 14.1. The summed E-state index contributed by atoms with van der Waals surface area (Å²) < 4.78 is 79.9. The lowest BCUT2D eigenvalue weighted by Gasteiger charge is -2.21. The topological polar surface area (TPSA) is 92.0 Å². The number of alkyl halides is 3. The fourth-order valence-electron chi connectivity index (χ4n) is 2.92. The van der Waals surface area contributed by atoms with E-state index in [1.807, 2.05) is 13.8 Å². The molecule has 0 fully saturated rings. The van der Waals surface area contributed by atoms with Gasteiger partial charge in [0.1, 0.15) is 29.4 Å². The van der Waals surface area contributed by atoms with Crippen LogP contribution in [0.4, 0.5) is 13.2 Å². The Morgan fingerprint density at radius 3 is 2.39 bits per heavy atom. The second kappa shape index (κ2) is 8.57. The van der Waals surface area contributed by atoms with E-state index >= 15 is 0 Å². The van der Waals surface area contributed by atoms with E-state index in [-0.39, 0.29) is 29.1 Å². The van der Waals surface area contributed by atoms with Crippen molar-refractivity contribution in [3.8, 4) is 28.4 Å². The van der Waals surface area contributed by atoms with Gasteiger partial charge < -0.3 is 16.4 Å². The molecule has 0 bridgehead atoms. The van der Waals surface area contributed by atoms with Crippen LogP contribution in [0.2, 0.25) is 0 Å². The van der Waals surface area contributed by atoms with E-state index in [4.69, 9.17) is 12.2 Å². The molecule has 31 heavy (non-hydrogen) atoms. The van der Waals surface area contributed by atoms with Crippen molar-refractivity contribution < 1.29 is 38.0 Å². The molecule has 2 heterocycles. The molecule has 4 rings (SSSR count). The summed E-state index contributed by atoms with van der Waals surface area (Å²) in [5.41, 5.74) is -5.03. The van der Waals surface area contributed by atoms with E-state index in [0.717, 1.165) is 12.1 Å². The van der Waals surface area contributed by atoms with Gasteiger partial charge in [0.15, 0.2) is 23.0 Å². The lowest BCUT2D eigenvalue weighted by Crippen LogP contribution is -2.28. The number of fused-ring (bicyclic) bond motifs is 5. The SMILES string of the molecule is CC.O=c1oc2cc(OI)ccc2c2c1-c1ccc(OS(=O)(=O)C(F)(F)F)cc1OC2. The van der Waals surface area contributed by atoms with E-state index in [1.54, 1.807) is 35.1 Å².